The third-order valence-corrected chi connectivity index (χ3v) is 3.76. The van der Waals surface area contributed by atoms with Crippen LogP contribution in [0, 0.1) is 0 Å². The number of ether oxygens (including phenoxy) is 1. The highest BCUT2D eigenvalue weighted by atomic mass is 19.4. The Morgan fingerprint density at radius 2 is 1.57 bits per heavy atom. The number of rotatable bonds is 5. The molecule has 1 heterocycles. The van der Waals surface area contributed by atoms with Crippen LogP contribution in [0.2, 0.25) is 0 Å². The number of aromatic nitrogens is 2. The van der Waals surface area contributed by atoms with Crippen molar-refractivity contribution in [3.63, 3.8) is 0 Å². The predicted molar refractivity (Wildman–Crippen MR) is 97.1 cm³/mol. The van der Waals surface area contributed by atoms with E-state index in [2.05, 4.69) is 15.3 Å². The molecule has 1 amide bonds. The Labute approximate surface area is 158 Å². The topological polar surface area (TPSA) is 90.1 Å². The van der Waals surface area contributed by atoms with E-state index in [4.69, 9.17) is 10.5 Å². The predicted octanol–water partition coefficient (Wildman–Crippen LogP) is 4.10. The molecule has 28 heavy (non-hydrogen) atoms. The number of hydrogen-bond acceptors (Lipinski definition) is 5. The molecule has 3 N–H and O–H groups in total. The van der Waals surface area contributed by atoms with E-state index in [-0.39, 0.29) is 11.4 Å². The van der Waals surface area contributed by atoms with E-state index in [0.29, 0.717) is 23.0 Å². The van der Waals surface area contributed by atoms with Gasteiger partial charge in [0.15, 0.2) is 5.82 Å². The largest absolute Gasteiger partial charge is 0.457 e. The molecular formula is C19H15F3N4O2. The van der Waals surface area contributed by atoms with Crippen LogP contribution in [-0.2, 0) is 6.18 Å². The van der Waals surface area contributed by atoms with Crippen LogP contribution in [0.4, 0.5) is 19.0 Å². The molecule has 3 aromatic rings. The number of carbonyl (C=O) groups excluding carboxylic acids is 1. The monoisotopic (exact) mass is 388 g/mol. The number of alkyl halides is 3. The molecule has 2 aromatic carbocycles. The first-order valence-electron chi connectivity index (χ1n) is 8.08. The van der Waals surface area contributed by atoms with Crippen molar-refractivity contribution in [1.29, 1.82) is 0 Å². The zero-order valence-corrected chi connectivity index (χ0v) is 14.6. The average Bonchev–Trinajstić information content (AvgIpc) is 2.68. The number of nitrogens with zero attached hydrogens (tertiary/aromatic N) is 2. The van der Waals surface area contributed by atoms with Crippen molar-refractivity contribution in [3.8, 4) is 22.9 Å². The maximum absolute atomic E-state index is 12.6. The van der Waals surface area contributed by atoms with Gasteiger partial charge < -0.3 is 15.8 Å². The van der Waals surface area contributed by atoms with Crippen molar-refractivity contribution < 1.29 is 22.7 Å². The first kappa shape index (κ1) is 19.2. The quantitative estimate of drug-likeness (QED) is 0.687. The van der Waals surface area contributed by atoms with Crippen molar-refractivity contribution >= 4 is 11.7 Å². The molecule has 144 valence electrons. The van der Waals surface area contributed by atoms with Crippen LogP contribution in [0.15, 0.2) is 54.6 Å². The molecule has 6 nitrogen and oxygen atoms in total. The van der Waals surface area contributed by atoms with Gasteiger partial charge in [-0.15, -0.1) is 0 Å². The first-order chi connectivity index (χ1) is 13.3. The molecule has 0 aliphatic rings. The molecule has 1 aromatic heterocycles. The van der Waals surface area contributed by atoms with Gasteiger partial charge in [-0.2, -0.15) is 13.2 Å². The van der Waals surface area contributed by atoms with Gasteiger partial charge in [-0.3, -0.25) is 4.79 Å². The van der Waals surface area contributed by atoms with Gasteiger partial charge in [-0.05, 0) is 48.5 Å². The molecule has 0 saturated carbocycles. The number of carbonyl (C=O) groups is 1. The fourth-order valence-electron chi connectivity index (χ4n) is 2.35. The summed E-state index contributed by atoms with van der Waals surface area (Å²) in [5.41, 5.74) is 5.22. The van der Waals surface area contributed by atoms with E-state index in [0.717, 1.165) is 12.1 Å². The lowest BCUT2D eigenvalue weighted by molar-refractivity contribution is -0.137. The van der Waals surface area contributed by atoms with Crippen molar-refractivity contribution in [2.75, 3.05) is 12.4 Å². The fourth-order valence-corrected chi connectivity index (χ4v) is 2.35. The second-order valence-electron chi connectivity index (χ2n) is 5.72. The van der Waals surface area contributed by atoms with Gasteiger partial charge >= 0.3 is 6.18 Å². The lowest BCUT2D eigenvalue weighted by atomic mass is 10.2. The van der Waals surface area contributed by atoms with E-state index in [1.54, 1.807) is 31.3 Å². The van der Waals surface area contributed by atoms with E-state index in [1.165, 1.54) is 18.2 Å². The third-order valence-electron chi connectivity index (χ3n) is 3.76. The number of anilines is 1. The van der Waals surface area contributed by atoms with Gasteiger partial charge in [0.2, 0.25) is 0 Å². The molecule has 3 rings (SSSR count). The Hall–Kier alpha value is -3.62. The summed E-state index contributed by atoms with van der Waals surface area (Å²) in [5, 5.41) is 2.83. The zero-order chi connectivity index (χ0) is 20.3. The minimum absolute atomic E-state index is 0.0689. The number of nitrogens with two attached hydrogens (primary N) is 1. The van der Waals surface area contributed by atoms with Crippen molar-refractivity contribution in [2.24, 2.45) is 5.73 Å². The number of halogens is 3. The number of benzene rings is 2. The van der Waals surface area contributed by atoms with Gasteiger partial charge in [0.05, 0.1) is 5.56 Å². The molecule has 0 aliphatic carbocycles. The maximum atomic E-state index is 12.6. The molecule has 0 spiro atoms. The summed E-state index contributed by atoms with van der Waals surface area (Å²) in [7, 11) is 1.65. The molecule has 0 bridgehead atoms. The van der Waals surface area contributed by atoms with Gasteiger partial charge in [-0.25, -0.2) is 9.97 Å². The highest BCUT2D eigenvalue weighted by Crippen LogP contribution is 2.31. The summed E-state index contributed by atoms with van der Waals surface area (Å²) in [6, 6.07) is 12.4. The molecule has 0 aliphatic heterocycles. The van der Waals surface area contributed by atoms with Crippen LogP contribution in [0.25, 0.3) is 11.4 Å². The number of amides is 1. The summed E-state index contributed by atoms with van der Waals surface area (Å²) in [5.74, 6) is 0.738. The number of hydrogen-bond donors (Lipinski definition) is 2. The molecular weight excluding hydrogens is 373 g/mol. The Bertz CT molecular complexity index is 988. The Morgan fingerprint density at radius 1 is 1.00 bits per heavy atom. The first-order valence-corrected chi connectivity index (χ1v) is 8.08. The molecule has 0 fully saturated rings. The van der Waals surface area contributed by atoms with Crippen molar-refractivity contribution in [1.82, 2.24) is 9.97 Å². The van der Waals surface area contributed by atoms with Gasteiger partial charge in [0.25, 0.3) is 5.91 Å². The number of primary amides is 1. The summed E-state index contributed by atoms with van der Waals surface area (Å²) in [4.78, 5) is 19.8. The van der Waals surface area contributed by atoms with E-state index in [1.807, 2.05) is 0 Å². The normalized spacial score (nSPS) is 11.1. The minimum atomic E-state index is -4.40. The van der Waals surface area contributed by atoms with E-state index >= 15 is 0 Å². The Balaban J connectivity index is 1.80. The van der Waals surface area contributed by atoms with E-state index < -0.39 is 17.6 Å². The van der Waals surface area contributed by atoms with Gasteiger partial charge in [0, 0.05) is 18.7 Å². The Kier molecular flexibility index (Phi) is 5.16. The lowest BCUT2D eigenvalue weighted by Crippen LogP contribution is -2.14. The van der Waals surface area contributed by atoms with Crippen LogP contribution < -0.4 is 15.8 Å². The second-order valence-corrected chi connectivity index (χ2v) is 5.72. The SMILES string of the molecule is CNc1cc(C(N)=O)nc(-c2ccc(Oc3ccc(C(F)(F)F)cc3)cc2)n1. The van der Waals surface area contributed by atoms with E-state index in [9.17, 15) is 18.0 Å². The average molecular weight is 388 g/mol. The fraction of sp³-hybridized carbons (Fsp3) is 0.105. The number of nitrogens with one attached hydrogen (secondary N) is 1. The molecule has 0 saturated heterocycles. The molecule has 9 heteroatoms. The smallest absolute Gasteiger partial charge is 0.416 e. The molecule has 0 unspecified atom stereocenters. The van der Waals surface area contributed by atoms with Crippen LogP contribution >= 0.6 is 0 Å². The Morgan fingerprint density at radius 3 is 2.07 bits per heavy atom. The highest BCUT2D eigenvalue weighted by Gasteiger charge is 2.30. The standard InChI is InChI=1S/C19H15F3N4O2/c1-24-16-10-15(17(23)27)25-18(26-16)11-2-6-13(7-3-11)28-14-8-4-12(5-9-14)19(20,21)22/h2-10H,1H3,(H2,23,27)(H,24,25,26). The summed E-state index contributed by atoms with van der Waals surface area (Å²) in [6.45, 7) is 0. The second kappa shape index (κ2) is 7.55. The molecule has 0 atom stereocenters. The van der Waals surface area contributed by atoms with Crippen molar-refractivity contribution in [2.45, 2.75) is 6.18 Å². The van der Waals surface area contributed by atoms with Crippen LogP contribution in [0.3, 0.4) is 0 Å². The molecule has 0 radical (unpaired) electrons. The van der Waals surface area contributed by atoms with Crippen LogP contribution in [-0.4, -0.2) is 22.9 Å². The van der Waals surface area contributed by atoms with Gasteiger partial charge in [0.1, 0.15) is 23.0 Å². The van der Waals surface area contributed by atoms with Crippen molar-refractivity contribution in [3.05, 3.63) is 65.9 Å². The summed E-state index contributed by atoms with van der Waals surface area (Å²) in [6.07, 6.45) is -4.40. The van der Waals surface area contributed by atoms with Crippen LogP contribution in [0.1, 0.15) is 16.1 Å². The van der Waals surface area contributed by atoms with Crippen LogP contribution in [0.5, 0.6) is 11.5 Å². The highest BCUT2D eigenvalue weighted by molar-refractivity contribution is 5.92. The van der Waals surface area contributed by atoms with Gasteiger partial charge in [-0.1, -0.05) is 0 Å². The zero-order valence-electron chi connectivity index (χ0n) is 14.6. The summed E-state index contributed by atoms with van der Waals surface area (Å²) < 4.78 is 43.3. The lowest BCUT2D eigenvalue weighted by Gasteiger charge is -2.10. The third kappa shape index (κ3) is 4.37. The minimum Gasteiger partial charge on any atom is -0.457 e. The maximum Gasteiger partial charge on any atom is 0.416 e. The summed E-state index contributed by atoms with van der Waals surface area (Å²) >= 11 is 0.